The van der Waals surface area contributed by atoms with Crippen LogP contribution in [-0.4, -0.2) is 28.8 Å². The Morgan fingerprint density at radius 2 is 1.80 bits per heavy atom. The third-order valence-electron chi connectivity index (χ3n) is 1.94. The van der Waals surface area contributed by atoms with Crippen molar-refractivity contribution < 1.29 is 32.3 Å². The first-order valence-corrected chi connectivity index (χ1v) is 6.10. The van der Waals surface area contributed by atoms with Crippen LogP contribution in [0, 0.1) is 20.2 Å². The van der Waals surface area contributed by atoms with Gasteiger partial charge in [-0.1, -0.05) is 0 Å². The Hall–Kier alpha value is -2.60. The zero-order valence-electron chi connectivity index (χ0n) is 9.67. The van der Waals surface area contributed by atoms with Gasteiger partial charge in [-0.05, 0) is 0 Å². The Kier molecular flexibility index (Phi) is 4.00. The van der Waals surface area contributed by atoms with Crippen molar-refractivity contribution in [3.8, 4) is 5.75 Å². The molecule has 12 heteroatoms. The second-order valence-electron chi connectivity index (χ2n) is 3.38. The zero-order chi connectivity index (χ0) is 15.7. The average Bonchev–Trinajstić information content (AvgIpc) is 2.25. The fourth-order valence-electron chi connectivity index (χ4n) is 1.30. The van der Waals surface area contributed by atoms with Gasteiger partial charge in [-0.3, -0.25) is 29.6 Å². The Morgan fingerprint density at radius 1 is 1.25 bits per heavy atom. The predicted molar refractivity (Wildman–Crippen MR) is 60.9 cm³/mol. The van der Waals surface area contributed by atoms with Gasteiger partial charge in [-0.2, -0.15) is 8.42 Å². The summed E-state index contributed by atoms with van der Waals surface area (Å²) in [5.41, 5.74) is -2.15. The number of non-ortho nitro benzene ring substituents is 1. The molecule has 0 saturated carbocycles. The van der Waals surface area contributed by atoms with E-state index in [9.17, 15) is 33.4 Å². The van der Waals surface area contributed by atoms with Gasteiger partial charge in [0.25, 0.3) is 5.69 Å². The first kappa shape index (κ1) is 15.5. The number of hydrogen-bond acceptors (Lipinski definition) is 8. The van der Waals surface area contributed by atoms with Crippen molar-refractivity contribution in [1.82, 2.24) is 0 Å². The fourth-order valence-corrected chi connectivity index (χ4v) is 2.06. The summed E-state index contributed by atoms with van der Waals surface area (Å²) in [6, 6.07) is 0.813. The highest BCUT2D eigenvalue weighted by atomic mass is 32.2. The molecular weight excluding hydrogens is 300 g/mol. The molecule has 0 aromatic heterocycles. The summed E-state index contributed by atoms with van der Waals surface area (Å²) in [6.45, 7) is 0.846. The number of ether oxygens (including phenoxy) is 1. The second kappa shape index (κ2) is 5.18. The van der Waals surface area contributed by atoms with E-state index in [0.717, 1.165) is 6.92 Å². The summed E-state index contributed by atoms with van der Waals surface area (Å²) in [6.07, 6.45) is 0. The van der Waals surface area contributed by atoms with Crippen LogP contribution in [0.4, 0.5) is 11.4 Å². The van der Waals surface area contributed by atoms with Crippen LogP contribution >= 0.6 is 0 Å². The van der Waals surface area contributed by atoms with Crippen molar-refractivity contribution in [1.29, 1.82) is 0 Å². The van der Waals surface area contributed by atoms with Gasteiger partial charge in [0.1, 0.15) is 0 Å². The van der Waals surface area contributed by atoms with Crippen LogP contribution in [0.3, 0.4) is 0 Å². The summed E-state index contributed by atoms with van der Waals surface area (Å²) >= 11 is 0. The van der Waals surface area contributed by atoms with Gasteiger partial charge in [0.2, 0.25) is 4.90 Å². The van der Waals surface area contributed by atoms with Crippen molar-refractivity contribution in [3.63, 3.8) is 0 Å². The molecule has 0 spiro atoms. The van der Waals surface area contributed by atoms with Crippen molar-refractivity contribution in [2.24, 2.45) is 0 Å². The van der Waals surface area contributed by atoms with Crippen LogP contribution in [0.5, 0.6) is 5.75 Å². The van der Waals surface area contributed by atoms with Crippen LogP contribution in [0.15, 0.2) is 17.0 Å². The van der Waals surface area contributed by atoms with E-state index in [1.54, 1.807) is 0 Å². The maximum Gasteiger partial charge on any atom is 0.308 e. The molecule has 108 valence electrons. The number of rotatable bonds is 4. The molecule has 0 saturated heterocycles. The lowest BCUT2D eigenvalue weighted by Crippen LogP contribution is -2.10. The van der Waals surface area contributed by atoms with E-state index in [0.29, 0.717) is 12.1 Å². The molecular formula is C8H6N2O9S. The van der Waals surface area contributed by atoms with Gasteiger partial charge in [0.15, 0.2) is 5.75 Å². The Bertz CT molecular complexity index is 709. The Morgan fingerprint density at radius 3 is 2.15 bits per heavy atom. The smallest absolute Gasteiger partial charge is 0.308 e. The van der Waals surface area contributed by atoms with Crippen molar-refractivity contribution >= 4 is 27.5 Å². The van der Waals surface area contributed by atoms with E-state index in [1.807, 2.05) is 0 Å². The van der Waals surface area contributed by atoms with Gasteiger partial charge in [0, 0.05) is 6.92 Å². The number of benzene rings is 1. The number of hydrogen-bond donors (Lipinski definition) is 1. The summed E-state index contributed by atoms with van der Waals surface area (Å²) < 4.78 is 35.6. The summed E-state index contributed by atoms with van der Waals surface area (Å²) in [4.78, 5) is 28.5. The number of nitro groups is 2. The zero-order valence-corrected chi connectivity index (χ0v) is 10.5. The molecule has 1 aromatic carbocycles. The fraction of sp³-hybridized carbons (Fsp3) is 0.125. The van der Waals surface area contributed by atoms with Gasteiger partial charge in [-0.15, -0.1) is 0 Å². The van der Waals surface area contributed by atoms with E-state index >= 15 is 0 Å². The number of carbonyl (C=O) groups is 1. The molecule has 0 unspecified atom stereocenters. The normalized spacial score (nSPS) is 10.9. The minimum atomic E-state index is -5.14. The number of nitro benzene ring substituents is 2. The first-order chi connectivity index (χ1) is 9.04. The van der Waals surface area contributed by atoms with Crippen LogP contribution in [0.1, 0.15) is 6.92 Å². The predicted octanol–water partition coefficient (Wildman–Crippen LogP) is 0.675. The number of esters is 1. The lowest BCUT2D eigenvalue weighted by molar-refractivity contribution is -0.396. The summed E-state index contributed by atoms with van der Waals surface area (Å²) in [5, 5.41) is 21.4. The molecule has 0 fully saturated rings. The van der Waals surface area contributed by atoms with Crippen LogP contribution in [0.25, 0.3) is 0 Å². The molecule has 0 radical (unpaired) electrons. The van der Waals surface area contributed by atoms with Crippen molar-refractivity contribution in [3.05, 3.63) is 32.4 Å². The third-order valence-corrected chi connectivity index (χ3v) is 2.87. The molecule has 0 aliphatic carbocycles. The van der Waals surface area contributed by atoms with E-state index in [-0.39, 0.29) is 0 Å². The van der Waals surface area contributed by atoms with E-state index in [4.69, 9.17) is 4.55 Å². The molecule has 0 bridgehead atoms. The molecule has 1 N–H and O–H groups in total. The largest absolute Gasteiger partial charge is 0.425 e. The molecule has 0 atom stereocenters. The molecule has 0 amide bonds. The SMILES string of the molecule is CC(=O)Oc1cc([N+](=O)[O-])cc([N+](=O)[O-])c1S(=O)(=O)O. The van der Waals surface area contributed by atoms with Crippen molar-refractivity contribution in [2.45, 2.75) is 11.8 Å². The minimum Gasteiger partial charge on any atom is -0.425 e. The average molecular weight is 306 g/mol. The van der Waals surface area contributed by atoms with E-state index in [1.165, 1.54) is 0 Å². The summed E-state index contributed by atoms with van der Waals surface area (Å²) in [7, 11) is -5.14. The van der Waals surface area contributed by atoms with Gasteiger partial charge < -0.3 is 4.74 Å². The van der Waals surface area contributed by atoms with Gasteiger partial charge in [-0.25, -0.2) is 0 Å². The maximum atomic E-state index is 11.1. The summed E-state index contributed by atoms with van der Waals surface area (Å²) in [5.74, 6) is -2.08. The Labute approximate surface area is 110 Å². The maximum absolute atomic E-state index is 11.1. The molecule has 20 heavy (non-hydrogen) atoms. The highest BCUT2D eigenvalue weighted by Gasteiger charge is 2.33. The lowest BCUT2D eigenvalue weighted by atomic mass is 10.2. The number of nitrogens with zero attached hydrogens (tertiary/aromatic N) is 2. The van der Waals surface area contributed by atoms with Crippen molar-refractivity contribution in [2.75, 3.05) is 0 Å². The highest BCUT2D eigenvalue weighted by Crippen LogP contribution is 2.37. The minimum absolute atomic E-state index is 0.329. The molecule has 1 aromatic rings. The van der Waals surface area contributed by atoms with Crippen LogP contribution in [0.2, 0.25) is 0 Å². The number of carbonyl (C=O) groups excluding carboxylic acids is 1. The topological polar surface area (TPSA) is 167 Å². The van der Waals surface area contributed by atoms with Gasteiger partial charge >= 0.3 is 21.8 Å². The van der Waals surface area contributed by atoms with Gasteiger partial charge in [0.05, 0.1) is 22.0 Å². The molecule has 11 nitrogen and oxygen atoms in total. The molecule has 0 heterocycles. The second-order valence-corrected chi connectivity index (χ2v) is 4.73. The molecule has 1 rings (SSSR count). The van der Waals surface area contributed by atoms with Crippen LogP contribution < -0.4 is 4.74 Å². The standard InChI is InChI=1S/C8H6N2O9S/c1-4(11)19-7-3-5(9(12)13)2-6(10(14)15)8(7)20(16,17)18/h2-3H,1H3,(H,16,17,18). The molecule has 0 aliphatic heterocycles. The monoisotopic (exact) mass is 306 g/mol. The first-order valence-electron chi connectivity index (χ1n) is 4.66. The van der Waals surface area contributed by atoms with E-state index < -0.39 is 48.0 Å². The molecule has 0 aliphatic rings. The Balaban J connectivity index is 3.80. The van der Waals surface area contributed by atoms with E-state index in [2.05, 4.69) is 4.74 Å². The van der Waals surface area contributed by atoms with Crippen LogP contribution in [-0.2, 0) is 14.9 Å². The third kappa shape index (κ3) is 3.24. The highest BCUT2D eigenvalue weighted by molar-refractivity contribution is 7.86. The lowest BCUT2D eigenvalue weighted by Gasteiger charge is -2.07. The quantitative estimate of drug-likeness (QED) is 0.276.